The fraction of sp³-hybridized carbons (Fsp3) is 0.0909. The molecule has 0 atom stereocenters. The van der Waals surface area contributed by atoms with Crippen molar-refractivity contribution in [1.82, 2.24) is 14.9 Å². The van der Waals surface area contributed by atoms with Crippen molar-refractivity contribution in [3.63, 3.8) is 0 Å². The number of carbonyl (C=O) groups is 2. The molecular weight excluding hydrogens is 252 g/mol. The predicted molar refractivity (Wildman–Crippen MR) is 65.3 cm³/mol. The summed E-state index contributed by atoms with van der Waals surface area (Å²) in [6, 6.07) is 9.35. The van der Waals surface area contributed by atoms with Crippen molar-refractivity contribution in [3.8, 4) is 11.4 Å². The molecule has 2 heterocycles. The molecule has 2 aromatic rings. The molecule has 6 nitrogen and oxygen atoms in total. The number of nitrogens with zero attached hydrogens (tertiary/aromatic N) is 3. The highest BCUT2D eigenvalue weighted by atomic mass is 32.2. The molecule has 0 spiro atoms. The van der Waals surface area contributed by atoms with Crippen molar-refractivity contribution in [2.45, 2.75) is 11.6 Å². The monoisotopic (exact) mass is 260 g/mol. The third-order valence-electron chi connectivity index (χ3n) is 2.41. The number of carbonyl (C=O) groups excluding carboxylic acids is 2. The van der Waals surface area contributed by atoms with Crippen LogP contribution in [0.15, 0.2) is 35.5 Å². The van der Waals surface area contributed by atoms with E-state index in [4.69, 9.17) is 0 Å². The molecule has 90 valence electrons. The van der Waals surface area contributed by atoms with Gasteiger partial charge in [0.2, 0.25) is 16.2 Å². The first kappa shape index (κ1) is 11.0. The van der Waals surface area contributed by atoms with Gasteiger partial charge < -0.3 is 0 Å². The van der Waals surface area contributed by atoms with Gasteiger partial charge in [-0.2, -0.15) is 0 Å². The molecule has 1 aliphatic heterocycles. The van der Waals surface area contributed by atoms with Gasteiger partial charge in [0.1, 0.15) is 0 Å². The fourth-order valence-electron chi connectivity index (χ4n) is 1.64. The second-order valence-corrected chi connectivity index (χ2v) is 4.72. The molecule has 7 heteroatoms. The van der Waals surface area contributed by atoms with Crippen LogP contribution in [0.1, 0.15) is 6.42 Å². The maximum absolute atomic E-state index is 11.5. The molecule has 0 saturated carbocycles. The smallest absolute Gasteiger partial charge is 0.247 e. The van der Waals surface area contributed by atoms with E-state index in [1.807, 2.05) is 30.3 Å². The number of rotatable bonds is 1. The Labute approximate surface area is 106 Å². The summed E-state index contributed by atoms with van der Waals surface area (Å²) >= 11 is 0.919. The molecule has 1 aromatic heterocycles. The Bertz CT molecular complexity index is 623. The van der Waals surface area contributed by atoms with Gasteiger partial charge in [0.05, 0.1) is 6.42 Å². The third-order valence-corrected chi connectivity index (χ3v) is 3.23. The van der Waals surface area contributed by atoms with Crippen molar-refractivity contribution in [3.05, 3.63) is 30.3 Å². The molecule has 0 saturated heterocycles. The highest BCUT2D eigenvalue weighted by molar-refractivity contribution is 8.13. The minimum atomic E-state index is -0.358. The lowest BCUT2D eigenvalue weighted by Crippen LogP contribution is -2.22. The molecule has 1 amide bonds. The molecule has 1 N–H and O–H groups in total. The Morgan fingerprint density at radius 3 is 2.72 bits per heavy atom. The Morgan fingerprint density at radius 2 is 1.94 bits per heavy atom. The molecule has 0 bridgehead atoms. The van der Waals surface area contributed by atoms with Crippen LogP contribution >= 0.6 is 11.8 Å². The molecule has 18 heavy (non-hydrogen) atoms. The number of fused-ring (bicyclic) bond motifs is 1. The Kier molecular flexibility index (Phi) is 2.60. The average molecular weight is 260 g/mol. The quantitative estimate of drug-likeness (QED) is 0.775. The van der Waals surface area contributed by atoms with E-state index in [-0.39, 0.29) is 17.4 Å². The van der Waals surface area contributed by atoms with E-state index < -0.39 is 0 Å². The second kappa shape index (κ2) is 4.26. The highest BCUT2D eigenvalue weighted by Crippen LogP contribution is 2.25. The summed E-state index contributed by atoms with van der Waals surface area (Å²) in [6.07, 6.45) is -0.151. The number of thioether (sulfide) groups is 1. The van der Waals surface area contributed by atoms with Crippen LogP contribution in [0.25, 0.3) is 11.4 Å². The van der Waals surface area contributed by atoms with Gasteiger partial charge in [0.25, 0.3) is 0 Å². The number of aromatic nitrogens is 3. The van der Waals surface area contributed by atoms with E-state index in [0.717, 1.165) is 17.3 Å². The van der Waals surface area contributed by atoms with E-state index >= 15 is 0 Å². The van der Waals surface area contributed by atoms with E-state index in [0.29, 0.717) is 11.0 Å². The van der Waals surface area contributed by atoms with Gasteiger partial charge in [-0.3, -0.25) is 15.0 Å². The van der Waals surface area contributed by atoms with Crippen LogP contribution in [0.3, 0.4) is 0 Å². The van der Waals surface area contributed by atoms with Gasteiger partial charge in [-0.15, -0.1) is 10.2 Å². The Morgan fingerprint density at radius 1 is 1.17 bits per heavy atom. The summed E-state index contributed by atoms with van der Waals surface area (Å²) in [4.78, 5) is 22.9. The van der Waals surface area contributed by atoms with Gasteiger partial charge in [0, 0.05) is 5.56 Å². The van der Waals surface area contributed by atoms with Crippen LogP contribution in [0.2, 0.25) is 0 Å². The second-order valence-electron chi connectivity index (χ2n) is 3.69. The predicted octanol–water partition coefficient (Wildman–Crippen LogP) is 1.04. The van der Waals surface area contributed by atoms with Crippen LogP contribution < -0.4 is 5.43 Å². The van der Waals surface area contributed by atoms with Gasteiger partial charge in [-0.25, -0.2) is 4.68 Å². The van der Waals surface area contributed by atoms with Crippen LogP contribution in [0, 0.1) is 0 Å². The third kappa shape index (κ3) is 1.88. The number of benzene rings is 1. The first-order valence-corrected chi connectivity index (χ1v) is 6.07. The van der Waals surface area contributed by atoms with Crippen LogP contribution in [0.4, 0.5) is 0 Å². The number of nitrogens with one attached hydrogen (secondary N) is 1. The molecule has 0 unspecified atom stereocenters. The number of amides is 1. The molecule has 0 radical (unpaired) electrons. The fourth-order valence-corrected chi connectivity index (χ4v) is 2.36. The van der Waals surface area contributed by atoms with Crippen molar-refractivity contribution in [2.75, 3.05) is 5.43 Å². The zero-order chi connectivity index (χ0) is 12.5. The first-order valence-electron chi connectivity index (χ1n) is 5.25. The molecule has 1 aliphatic rings. The summed E-state index contributed by atoms with van der Waals surface area (Å²) in [6.45, 7) is 0. The van der Waals surface area contributed by atoms with Crippen LogP contribution in [0.5, 0.6) is 0 Å². The van der Waals surface area contributed by atoms with E-state index in [9.17, 15) is 9.59 Å². The SMILES string of the molecule is O=C1CC(=O)Sc2nnc(-c3ccccc3)n2N1. The lowest BCUT2D eigenvalue weighted by atomic mass is 10.2. The van der Waals surface area contributed by atoms with Crippen molar-refractivity contribution < 1.29 is 9.59 Å². The molecule has 1 aromatic carbocycles. The van der Waals surface area contributed by atoms with Crippen LogP contribution in [-0.2, 0) is 9.59 Å². The zero-order valence-electron chi connectivity index (χ0n) is 9.16. The summed E-state index contributed by atoms with van der Waals surface area (Å²) in [5.41, 5.74) is 3.44. The van der Waals surface area contributed by atoms with Gasteiger partial charge in [-0.1, -0.05) is 30.3 Å². The summed E-state index contributed by atoms with van der Waals surface area (Å²) < 4.78 is 1.45. The number of hydrogen-bond donors (Lipinski definition) is 1. The van der Waals surface area contributed by atoms with E-state index in [1.54, 1.807) is 0 Å². The van der Waals surface area contributed by atoms with Crippen molar-refractivity contribution in [1.29, 1.82) is 0 Å². The maximum Gasteiger partial charge on any atom is 0.247 e. The van der Waals surface area contributed by atoms with Crippen molar-refractivity contribution in [2.24, 2.45) is 0 Å². The minimum absolute atomic E-state index is 0.151. The summed E-state index contributed by atoms with van der Waals surface area (Å²) in [5.74, 6) is 0.157. The molecular formula is C11H8N4O2S. The average Bonchev–Trinajstić information content (AvgIpc) is 2.66. The normalized spacial score (nSPS) is 14.9. The standard InChI is InChI=1S/C11H8N4O2S/c16-8-6-9(17)18-11-13-12-10(15(11)14-8)7-4-2-1-3-5-7/h1-5H,6H2,(H,14,16). The summed E-state index contributed by atoms with van der Waals surface area (Å²) in [7, 11) is 0. The largest absolute Gasteiger partial charge is 0.286 e. The van der Waals surface area contributed by atoms with Gasteiger partial charge >= 0.3 is 0 Å². The summed E-state index contributed by atoms with van der Waals surface area (Å²) in [5, 5.41) is 8.06. The van der Waals surface area contributed by atoms with Gasteiger partial charge in [0.15, 0.2) is 5.82 Å². The zero-order valence-corrected chi connectivity index (χ0v) is 9.98. The van der Waals surface area contributed by atoms with Crippen molar-refractivity contribution >= 4 is 22.8 Å². The molecule has 0 aliphatic carbocycles. The topological polar surface area (TPSA) is 76.9 Å². The lowest BCUT2D eigenvalue weighted by molar-refractivity contribution is -0.121. The minimum Gasteiger partial charge on any atom is -0.286 e. The Balaban J connectivity index is 2.10. The van der Waals surface area contributed by atoms with E-state index in [2.05, 4.69) is 15.6 Å². The maximum atomic E-state index is 11.5. The van der Waals surface area contributed by atoms with Gasteiger partial charge in [-0.05, 0) is 11.8 Å². The van der Waals surface area contributed by atoms with E-state index in [1.165, 1.54) is 4.68 Å². The van der Waals surface area contributed by atoms with Crippen LogP contribution in [-0.4, -0.2) is 25.9 Å². The molecule has 3 rings (SSSR count). The highest BCUT2D eigenvalue weighted by Gasteiger charge is 2.24. The first-order chi connectivity index (χ1) is 8.74. The number of hydrogen-bond acceptors (Lipinski definition) is 5. The Hall–Kier alpha value is -2.15. The lowest BCUT2D eigenvalue weighted by Gasteiger charge is -2.06. The molecule has 0 fully saturated rings.